The summed E-state index contributed by atoms with van der Waals surface area (Å²) in [5.41, 5.74) is 1.83. The van der Waals surface area contributed by atoms with Gasteiger partial charge in [0, 0.05) is 6.20 Å². The Morgan fingerprint density at radius 3 is 2.65 bits per heavy atom. The topological polar surface area (TPSA) is 72.0 Å². The van der Waals surface area contributed by atoms with Crippen molar-refractivity contribution in [1.82, 2.24) is 15.1 Å². The van der Waals surface area contributed by atoms with E-state index < -0.39 is 6.10 Å². The van der Waals surface area contributed by atoms with Gasteiger partial charge < -0.3 is 9.63 Å². The molecule has 0 aliphatic heterocycles. The summed E-state index contributed by atoms with van der Waals surface area (Å²) in [5, 5.41) is 13.9. The van der Waals surface area contributed by atoms with E-state index in [0.29, 0.717) is 11.7 Å². The van der Waals surface area contributed by atoms with E-state index in [1.54, 1.807) is 13.1 Å². The Hall–Kier alpha value is -1.75. The summed E-state index contributed by atoms with van der Waals surface area (Å²) in [5.74, 6) is 1.02. The lowest BCUT2D eigenvalue weighted by Gasteiger charge is -2.19. The number of aryl methyl sites for hydroxylation is 1. The molecule has 0 fully saturated rings. The lowest BCUT2D eigenvalue weighted by atomic mass is 9.91. The fourth-order valence-electron chi connectivity index (χ4n) is 2.44. The van der Waals surface area contributed by atoms with Crippen LogP contribution in [0.4, 0.5) is 0 Å². The highest BCUT2D eigenvalue weighted by atomic mass is 16.5. The number of rotatable bonds is 5. The molecule has 2 heterocycles. The van der Waals surface area contributed by atoms with Gasteiger partial charge in [-0.05, 0) is 30.9 Å². The van der Waals surface area contributed by atoms with Crippen molar-refractivity contribution >= 4 is 0 Å². The van der Waals surface area contributed by atoms with Crippen molar-refractivity contribution in [3.05, 3.63) is 29.8 Å². The van der Waals surface area contributed by atoms with E-state index in [4.69, 9.17) is 4.52 Å². The molecule has 0 saturated heterocycles. The molecule has 0 amide bonds. The number of nitrogens with zero attached hydrogens (tertiary/aromatic N) is 3. The first-order chi connectivity index (χ1) is 9.54. The third-order valence-electron chi connectivity index (χ3n) is 3.45. The number of aliphatic hydroxyl groups excluding tert-OH is 1. The van der Waals surface area contributed by atoms with E-state index in [-0.39, 0.29) is 11.8 Å². The predicted octanol–water partition coefficient (Wildman–Crippen LogP) is 2.81. The van der Waals surface area contributed by atoms with Gasteiger partial charge in [0.1, 0.15) is 5.69 Å². The highest BCUT2D eigenvalue weighted by Crippen LogP contribution is 2.28. The first-order valence-electron chi connectivity index (χ1n) is 7.00. The zero-order valence-corrected chi connectivity index (χ0v) is 12.4. The van der Waals surface area contributed by atoms with Crippen molar-refractivity contribution in [2.75, 3.05) is 0 Å². The molecule has 2 aromatic rings. The van der Waals surface area contributed by atoms with Crippen molar-refractivity contribution in [3.8, 4) is 11.5 Å². The van der Waals surface area contributed by atoms with Crippen LogP contribution in [0.1, 0.15) is 45.1 Å². The summed E-state index contributed by atoms with van der Waals surface area (Å²) < 4.78 is 5.34. The third kappa shape index (κ3) is 2.88. The number of hydrogen-bond acceptors (Lipinski definition) is 5. The largest absolute Gasteiger partial charge is 0.393 e. The van der Waals surface area contributed by atoms with E-state index in [1.165, 1.54) is 0 Å². The molecule has 0 aliphatic carbocycles. The van der Waals surface area contributed by atoms with Crippen molar-refractivity contribution in [1.29, 1.82) is 0 Å². The third-order valence-corrected chi connectivity index (χ3v) is 3.45. The molecular formula is C15H21N3O2. The minimum absolute atomic E-state index is 0.162. The van der Waals surface area contributed by atoms with E-state index >= 15 is 0 Å². The highest BCUT2D eigenvalue weighted by molar-refractivity contribution is 5.53. The highest BCUT2D eigenvalue weighted by Gasteiger charge is 2.27. The van der Waals surface area contributed by atoms with Crippen molar-refractivity contribution in [2.45, 2.75) is 46.1 Å². The summed E-state index contributed by atoms with van der Waals surface area (Å²) in [6, 6.07) is 3.91. The minimum atomic E-state index is -0.530. The average molecular weight is 275 g/mol. The molecule has 0 saturated carbocycles. The van der Waals surface area contributed by atoms with Crippen LogP contribution in [0.5, 0.6) is 0 Å². The summed E-state index contributed by atoms with van der Waals surface area (Å²) >= 11 is 0. The molecule has 0 radical (unpaired) electrons. The van der Waals surface area contributed by atoms with Gasteiger partial charge in [-0.15, -0.1) is 0 Å². The Morgan fingerprint density at radius 2 is 2.05 bits per heavy atom. The second-order valence-electron chi connectivity index (χ2n) is 5.33. The van der Waals surface area contributed by atoms with Gasteiger partial charge in [-0.1, -0.05) is 32.0 Å². The first kappa shape index (κ1) is 14.7. The molecule has 0 aliphatic rings. The van der Waals surface area contributed by atoms with Crippen molar-refractivity contribution in [3.63, 3.8) is 0 Å². The molecule has 2 atom stereocenters. The number of hydrogen-bond donors (Lipinski definition) is 1. The maximum absolute atomic E-state index is 9.87. The fourth-order valence-corrected chi connectivity index (χ4v) is 2.44. The van der Waals surface area contributed by atoms with E-state index in [9.17, 15) is 5.11 Å². The summed E-state index contributed by atoms with van der Waals surface area (Å²) in [6.07, 6.45) is 2.05. The molecule has 5 heteroatoms. The van der Waals surface area contributed by atoms with Crippen LogP contribution in [0, 0.1) is 5.92 Å². The summed E-state index contributed by atoms with van der Waals surface area (Å²) in [4.78, 5) is 8.77. The number of aliphatic hydroxyl groups is 1. The van der Waals surface area contributed by atoms with Crippen LogP contribution in [0.15, 0.2) is 22.9 Å². The Balaban J connectivity index is 2.37. The lowest BCUT2D eigenvalue weighted by molar-refractivity contribution is 0.120. The van der Waals surface area contributed by atoms with Gasteiger partial charge in [0.25, 0.3) is 0 Å². The average Bonchev–Trinajstić information content (AvgIpc) is 2.87. The van der Waals surface area contributed by atoms with Crippen LogP contribution in [-0.4, -0.2) is 26.3 Å². The second kappa shape index (κ2) is 6.13. The molecule has 2 unspecified atom stereocenters. The quantitative estimate of drug-likeness (QED) is 0.908. The van der Waals surface area contributed by atoms with Gasteiger partial charge in [-0.2, -0.15) is 4.98 Å². The molecule has 20 heavy (non-hydrogen) atoms. The monoisotopic (exact) mass is 275 g/mol. The summed E-state index contributed by atoms with van der Waals surface area (Å²) in [6.45, 7) is 7.86. The van der Waals surface area contributed by atoms with Gasteiger partial charge >= 0.3 is 0 Å². The molecule has 108 valence electrons. The molecule has 1 N–H and O–H groups in total. The van der Waals surface area contributed by atoms with Gasteiger partial charge in [0.15, 0.2) is 0 Å². The number of aromatic nitrogens is 3. The van der Waals surface area contributed by atoms with Crippen LogP contribution in [0.25, 0.3) is 11.5 Å². The van der Waals surface area contributed by atoms with E-state index in [2.05, 4.69) is 22.0 Å². The maximum Gasteiger partial charge on any atom is 0.232 e. The second-order valence-corrected chi connectivity index (χ2v) is 5.33. The molecule has 5 nitrogen and oxygen atoms in total. The van der Waals surface area contributed by atoms with Gasteiger partial charge in [-0.25, -0.2) is 0 Å². The minimum Gasteiger partial charge on any atom is -0.393 e. The van der Waals surface area contributed by atoms with Gasteiger partial charge in [-0.3, -0.25) is 4.98 Å². The van der Waals surface area contributed by atoms with Crippen molar-refractivity contribution in [2.24, 2.45) is 5.92 Å². The Morgan fingerprint density at radius 1 is 1.30 bits per heavy atom. The molecule has 2 aromatic heterocycles. The zero-order chi connectivity index (χ0) is 14.7. The first-order valence-corrected chi connectivity index (χ1v) is 7.00. The normalized spacial score (nSPS) is 14.5. The van der Waals surface area contributed by atoms with Crippen LogP contribution in [-0.2, 0) is 6.42 Å². The Labute approximate surface area is 119 Å². The zero-order valence-electron chi connectivity index (χ0n) is 12.4. The van der Waals surface area contributed by atoms with Crippen LogP contribution in [0.3, 0.4) is 0 Å². The smallest absolute Gasteiger partial charge is 0.232 e. The molecular weight excluding hydrogens is 254 g/mol. The Bertz CT molecular complexity index is 556. The number of pyridine rings is 1. The van der Waals surface area contributed by atoms with E-state index in [1.807, 2.05) is 26.0 Å². The molecule has 0 aromatic carbocycles. The molecule has 0 spiro atoms. The standard InChI is InChI=1S/C15H21N3O2/c1-5-11-7-6-8-16-13(11)14-17-15(20-18-14)12(9(2)3)10(4)19/h6-10,12,19H,5H2,1-4H3. The van der Waals surface area contributed by atoms with Crippen LogP contribution < -0.4 is 0 Å². The molecule has 0 bridgehead atoms. The van der Waals surface area contributed by atoms with Gasteiger partial charge in [0.05, 0.1) is 12.0 Å². The Kier molecular flexibility index (Phi) is 4.49. The lowest BCUT2D eigenvalue weighted by Crippen LogP contribution is -2.20. The van der Waals surface area contributed by atoms with Crippen LogP contribution in [0.2, 0.25) is 0 Å². The maximum atomic E-state index is 9.87. The predicted molar refractivity (Wildman–Crippen MR) is 76.2 cm³/mol. The van der Waals surface area contributed by atoms with Gasteiger partial charge in [0.2, 0.25) is 11.7 Å². The SMILES string of the molecule is CCc1cccnc1-c1noc(C(C(C)C)C(C)O)n1. The van der Waals surface area contributed by atoms with Crippen LogP contribution >= 0.6 is 0 Å². The van der Waals surface area contributed by atoms with Crippen molar-refractivity contribution < 1.29 is 9.63 Å². The molecule has 2 rings (SSSR count). The van der Waals surface area contributed by atoms with E-state index in [0.717, 1.165) is 17.7 Å². The summed E-state index contributed by atoms with van der Waals surface area (Å²) in [7, 11) is 0. The fraction of sp³-hybridized carbons (Fsp3) is 0.533.